The number of carbonyl (C=O) groups excluding carboxylic acids is 1. The van der Waals surface area contributed by atoms with Crippen molar-refractivity contribution in [2.75, 3.05) is 32.8 Å². The molecule has 0 spiro atoms. The highest BCUT2D eigenvalue weighted by molar-refractivity contribution is 6.33. The minimum Gasteiger partial charge on any atom is -0.465 e. The number of hydrogen-bond acceptors (Lipinski definition) is 5. The van der Waals surface area contributed by atoms with Crippen molar-refractivity contribution in [3.8, 4) is 11.1 Å². The van der Waals surface area contributed by atoms with Gasteiger partial charge in [0, 0.05) is 61.4 Å². The van der Waals surface area contributed by atoms with Gasteiger partial charge < -0.3 is 30.5 Å². The summed E-state index contributed by atoms with van der Waals surface area (Å²) in [5.41, 5.74) is 3.96. The summed E-state index contributed by atoms with van der Waals surface area (Å²) in [6, 6.07) is 21.6. The van der Waals surface area contributed by atoms with Crippen LogP contribution >= 0.6 is 11.6 Å². The normalized spacial score (nSPS) is 19.5. The van der Waals surface area contributed by atoms with Crippen LogP contribution < -0.4 is 10.6 Å². The molecular weight excluding hydrogens is 602 g/mol. The Hall–Kier alpha value is -3.43. The predicted octanol–water partition coefficient (Wildman–Crippen LogP) is 6.63. The molecule has 0 aliphatic carbocycles. The summed E-state index contributed by atoms with van der Waals surface area (Å²) < 4.78 is 5.69. The molecular formula is C37H46ClN3O5. The SMILES string of the molecule is CCc1cccc(-c2c(Cl)cccc2C(O)(CCCNC(=O)O)C2CCCN(C(=O)c3ccc(CNCC4CCCO4)cc3)C2)c1. The lowest BCUT2D eigenvalue weighted by atomic mass is 9.72. The highest BCUT2D eigenvalue weighted by atomic mass is 35.5. The van der Waals surface area contributed by atoms with E-state index in [2.05, 4.69) is 29.7 Å². The largest absolute Gasteiger partial charge is 0.465 e. The fraction of sp³-hybridized carbons (Fsp3) is 0.459. The van der Waals surface area contributed by atoms with Crippen LogP contribution in [0.2, 0.25) is 5.02 Å². The van der Waals surface area contributed by atoms with Gasteiger partial charge in [-0.3, -0.25) is 4.79 Å². The van der Waals surface area contributed by atoms with E-state index in [0.29, 0.717) is 48.6 Å². The number of aliphatic hydroxyl groups is 1. The summed E-state index contributed by atoms with van der Waals surface area (Å²) >= 11 is 6.87. The van der Waals surface area contributed by atoms with Gasteiger partial charge >= 0.3 is 6.09 Å². The minimum absolute atomic E-state index is 0.0552. The van der Waals surface area contributed by atoms with Gasteiger partial charge in [0.15, 0.2) is 0 Å². The molecule has 2 aliphatic heterocycles. The standard InChI is InChI=1S/C37H46ClN3O5/c1-2-26-8-3-9-29(22-26)34-32(12-4-13-33(34)38)37(45,18-7-19-40-36(43)44)30-10-5-20-41(25-30)35(42)28-16-14-27(15-17-28)23-39-24-31-11-6-21-46-31/h3-4,8-9,12-17,22,30-31,39-40,45H,2,5-7,10-11,18-21,23-25H2,1H3,(H,43,44). The topological polar surface area (TPSA) is 111 Å². The number of amides is 2. The van der Waals surface area contributed by atoms with E-state index in [-0.39, 0.29) is 24.5 Å². The number of carboxylic acid groups (broad SMARTS) is 1. The molecule has 0 bridgehead atoms. The van der Waals surface area contributed by atoms with Crippen LogP contribution in [-0.2, 0) is 23.3 Å². The van der Waals surface area contributed by atoms with Gasteiger partial charge in [-0.1, -0.05) is 67.1 Å². The average Bonchev–Trinajstić information content (AvgIpc) is 3.60. The molecule has 5 rings (SSSR count). The molecule has 46 heavy (non-hydrogen) atoms. The van der Waals surface area contributed by atoms with Crippen molar-refractivity contribution in [2.24, 2.45) is 5.92 Å². The van der Waals surface area contributed by atoms with Crippen molar-refractivity contribution in [3.63, 3.8) is 0 Å². The van der Waals surface area contributed by atoms with E-state index in [4.69, 9.17) is 21.4 Å². The number of aryl methyl sites for hydroxylation is 1. The lowest BCUT2D eigenvalue weighted by molar-refractivity contribution is -0.0563. The van der Waals surface area contributed by atoms with Gasteiger partial charge in [0.25, 0.3) is 5.91 Å². The number of carbonyl (C=O) groups is 2. The van der Waals surface area contributed by atoms with Crippen LogP contribution in [-0.4, -0.2) is 66.0 Å². The third-order valence-electron chi connectivity index (χ3n) is 9.42. The van der Waals surface area contributed by atoms with Crippen LogP contribution in [0.5, 0.6) is 0 Å². The molecule has 0 aromatic heterocycles. The number of hydrogen-bond donors (Lipinski definition) is 4. The maximum Gasteiger partial charge on any atom is 0.404 e. The minimum atomic E-state index is -1.35. The third-order valence-corrected chi connectivity index (χ3v) is 9.74. The van der Waals surface area contributed by atoms with Crippen molar-refractivity contribution in [2.45, 2.75) is 70.1 Å². The van der Waals surface area contributed by atoms with Crippen molar-refractivity contribution in [3.05, 3.63) is 94.0 Å². The molecule has 2 heterocycles. The quantitative estimate of drug-likeness (QED) is 0.155. The zero-order chi connectivity index (χ0) is 32.5. The number of likely N-dealkylation sites (tertiary alicyclic amines) is 1. The number of ether oxygens (including phenoxy) is 1. The predicted molar refractivity (Wildman–Crippen MR) is 181 cm³/mol. The Morgan fingerprint density at radius 3 is 2.59 bits per heavy atom. The molecule has 9 heteroatoms. The van der Waals surface area contributed by atoms with Crippen molar-refractivity contribution < 1.29 is 24.5 Å². The van der Waals surface area contributed by atoms with Gasteiger partial charge in [0.05, 0.1) is 11.7 Å². The van der Waals surface area contributed by atoms with E-state index in [1.54, 1.807) is 0 Å². The Kier molecular flexibility index (Phi) is 11.7. The third kappa shape index (κ3) is 8.28. The van der Waals surface area contributed by atoms with E-state index in [1.165, 1.54) is 0 Å². The van der Waals surface area contributed by atoms with Gasteiger partial charge in [0.1, 0.15) is 0 Å². The Morgan fingerprint density at radius 2 is 1.85 bits per heavy atom. The molecule has 246 valence electrons. The summed E-state index contributed by atoms with van der Waals surface area (Å²) in [6.07, 6.45) is 4.48. The van der Waals surface area contributed by atoms with Crippen LogP contribution in [0.25, 0.3) is 11.1 Å². The highest BCUT2D eigenvalue weighted by Crippen LogP contribution is 2.45. The summed E-state index contributed by atoms with van der Waals surface area (Å²) in [5, 5.41) is 28.3. The zero-order valence-electron chi connectivity index (χ0n) is 26.6. The van der Waals surface area contributed by atoms with E-state index >= 15 is 0 Å². The second-order valence-electron chi connectivity index (χ2n) is 12.5. The number of nitrogens with one attached hydrogen (secondary N) is 2. The summed E-state index contributed by atoms with van der Waals surface area (Å²) in [4.78, 5) is 26.8. The van der Waals surface area contributed by atoms with E-state index in [1.807, 2.05) is 59.5 Å². The number of halogens is 1. The van der Waals surface area contributed by atoms with Crippen LogP contribution in [0.15, 0.2) is 66.7 Å². The average molecular weight is 648 g/mol. The molecule has 3 aromatic rings. The maximum atomic E-state index is 13.8. The molecule has 0 saturated carbocycles. The van der Waals surface area contributed by atoms with E-state index < -0.39 is 11.7 Å². The molecule has 0 radical (unpaired) electrons. The first-order valence-electron chi connectivity index (χ1n) is 16.6. The molecule has 8 nitrogen and oxygen atoms in total. The molecule has 3 aromatic carbocycles. The van der Waals surface area contributed by atoms with Crippen LogP contribution in [0.3, 0.4) is 0 Å². The van der Waals surface area contributed by atoms with Crippen LogP contribution in [0.1, 0.15) is 72.5 Å². The first kappa shape index (κ1) is 33.9. The summed E-state index contributed by atoms with van der Waals surface area (Å²) in [6.45, 7) is 5.68. The first-order valence-corrected chi connectivity index (χ1v) is 16.9. The Morgan fingerprint density at radius 1 is 1.04 bits per heavy atom. The van der Waals surface area contributed by atoms with E-state index in [0.717, 1.165) is 67.5 Å². The molecule has 4 N–H and O–H groups in total. The van der Waals surface area contributed by atoms with Crippen molar-refractivity contribution in [1.29, 1.82) is 0 Å². The highest BCUT2D eigenvalue weighted by Gasteiger charge is 2.43. The number of rotatable bonds is 13. The lowest BCUT2D eigenvalue weighted by Crippen LogP contribution is -2.48. The van der Waals surface area contributed by atoms with Crippen LogP contribution in [0.4, 0.5) is 4.79 Å². The number of benzene rings is 3. The summed E-state index contributed by atoms with van der Waals surface area (Å²) in [7, 11) is 0. The van der Waals surface area contributed by atoms with E-state index in [9.17, 15) is 14.7 Å². The Labute approximate surface area is 277 Å². The molecule has 2 aliphatic rings. The first-order chi connectivity index (χ1) is 22.3. The second-order valence-corrected chi connectivity index (χ2v) is 12.9. The molecule has 2 saturated heterocycles. The van der Waals surface area contributed by atoms with Crippen LogP contribution in [0, 0.1) is 5.92 Å². The smallest absolute Gasteiger partial charge is 0.404 e. The monoisotopic (exact) mass is 647 g/mol. The summed E-state index contributed by atoms with van der Waals surface area (Å²) in [5.74, 6) is -0.330. The fourth-order valence-corrected chi connectivity index (χ4v) is 7.20. The zero-order valence-corrected chi connectivity index (χ0v) is 27.4. The maximum absolute atomic E-state index is 13.8. The number of piperidine rings is 1. The lowest BCUT2D eigenvalue weighted by Gasteiger charge is -2.44. The molecule has 2 fully saturated rings. The molecule has 3 atom stereocenters. The van der Waals surface area contributed by atoms with Gasteiger partial charge in [-0.15, -0.1) is 0 Å². The number of nitrogens with zero attached hydrogens (tertiary/aromatic N) is 1. The molecule has 3 unspecified atom stereocenters. The van der Waals surface area contributed by atoms with Gasteiger partial charge in [0.2, 0.25) is 0 Å². The molecule has 2 amide bonds. The van der Waals surface area contributed by atoms with Gasteiger partial charge in [-0.2, -0.15) is 0 Å². The van der Waals surface area contributed by atoms with Crippen molar-refractivity contribution in [1.82, 2.24) is 15.5 Å². The van der Waals surface area contributed by atoms with Crippen molar-refractivity contribution >= 4 is 23.6 Å². The Balaban J connectivity index is 1.36. The second kappa shape index (κ2) is 15.9. The van der Waals surface area contributed by atoms with Gasteiger partial charge in [-0.25, -0.2) is 4.79 Å². The van der Waals surface area contributed by atoms with Gasteiger partial charge in [-0.05, 0) is 85.4 Å². The fourth-order valence-electron chi connectivity index (χ4n) is 6.92. The Bertz CT molecular complexity index is 1480.